The van der Waals surface area contributed by atoms with Crippen LogP contribution in [0.15, 0.2) is 0 Å². The van der Waals surface area contributed by atoms with Crippen LogP contribution in [0.3, 0.4) is 0 Å². The van der Waals surface area contributed by atoms with E-state index in [1.54, 1.807) is 11.9 Å². The summed E-state index contributed by atoms with van der Waals surface area (Å²) in [6.07, 6.45) is 4.01. The average Bonchev–Trinajstić information content (AvgIpc) is 1.90. The maximum Gasteiger partial charge on any atom is 0.217 e. The summed E-state index contributed by atoms with van der Waals surface area (Å²) in [7, 11) is 0. The van der Waals surface area contributed by atoms with Crippen molar-refractivity contribution in [3.05, 3.63) is 0 Å². The van der Waals surface area contributed by atoms with Crippen LogP contribution >= 0.6 is 11.9 Å². The van der Waals surface area contributed by atoms with Crippen molar-refractivity contribution in [2.45, 2.75) is 18.9 Å². The molecule has 1 saturated heterocycles. The van der Waals surface area contributed by atoms with Crippen molar-refractivity contribution in [3.63, 3.8) is 0 Å². The van der Waals surface area contributed by atoms with Gasteiger partial charge in [0.1, 0.15) is 0 Å². The van der Waals surface area contributed by atoms with Crippen LogP contribution in [0.2, 0.25) is 0 Å². The molecular weight excluding hydrogens is 122 g/mol. The molecule has 1 unspecified atom stereocenters. The first-order valence-electron chi connectivity index (χ1n) is 2.68. The molecule has 1 radical (unpaired) electrons. The Kier molecular flexibility index (Phi) is 2.36. The highest BCUT2D eigenvalue weighted by Gasteiger charge is 2.11. The Morgan fingerprint density at radius 3 is 3.00 bits per heavy atom. The van der Waals surface area contributed by atoms with Crippen LogP contribution in [-0.4, -0.2) is 18.1 Å². The monoisotopic (exact) mass is 130 g/mol. The smallest absolute Gasteiger partial charge is 0.217 e. The van der Waals surface area contributed by atoms with Gasteiger partial charge in [-0.15, -0.1) is 0 Å². The zero-order chi connectivity index (χ0) is 5.82. The van der Waals surface area contributed by atoms with Crippen molar-refractivity contribution in [3.8, 4) is 0 Å². The minimum absolute atomic E-state index is 0.00579. The number of hydrogen-bond donors (Lipinski definition) is 1. The van der Waals surface area contributed by atoms with Gasteiger partial charge < -0.3 is 0 Å². The standard InChI is InChI=1S/C5H8NOS/c7-4-5-2-1-3-8-6-5/h5-6H,1-3H2. The lowest BCUT2D eigenvalue weighted by atomic mass is 10.2. The Balaban J connectivity index is 2.22. The summed E-state index contributed by atoms with van der Waals surface area (Å²) >= 11 is 1.62. The van der Waals surface area contributed by atoms with Gasteiger partial charge in [0.25, 0.3) is 0 Å². The molecule has 0 spiro atoms. The Morgan fingerprint density at radius 1 is 1.75 bits per heavy atom. The molecule has 1 aliphatic heterocycles. The Morgan fingerprint density at radius 2 is 2.62 bits per heavy atom. The van der Waals surface area contributed by atoms with E-state index in [0.29, 0.717) is 0 Å². The van der Waals surface area contributed by atoms with E-state index in [1.807, 2.05) is 6.29 Å². The van der Waals surface area contributed by atoms with Crippen molar-refractivity contribution in [2.75, 3.05) is 5.75 Å². The Bertz CT molecular complexity index is 80.5. The molecule has 1 rings (SSSR count). The zero-order valence-corrected chi connectivity index (χ0v) is 5.33. The summed E-state index contributed by atoms with van der Waals surface area (Å²) in [6.45, 7) is 0. The summed E-state index contributed by atoms with van der Waals surface area (Å²) in [5.41, 5.74) is 0. The van der Waals surface area contributed by atoms with Gasteiger partial charge in [-0.05, 0) is 12.8 Å². The maximum absolute atomic E-state index is 9.96. The lowest BCUT2D eigenvalue weighted by molar-refractivity contribution is 0.526. The van der Waals surface area contributed by atoms with E-state index < -0.39 is 0 Å². The van der Waals surface area contributed by atoms with E-state index in [2.05, 4.69) is 4.72 Å². The number of hydrogen-bond acceptors (Lipinski definition) is 3. The summed E-state index contributed by atoms with van der Waals surface area (Å²) in [6, 6.07) is -0.00579. The lowest BCUT2D eigenvalue weighted by Gasteiger charge is -2.15. The van der Waals surface area contributed by atoms with E-state index in [0.717, 1.165) is 18.6 Å². The third kappa shape index (κ3) is 1.49. The molecule has 0 aromatic rings. The van der Waals surface area contributed by atoms with Gasteiger partial charge in [-0.3, -0.25) is 9.52 Å². The molecule has 2 nitrogen and oxygen atoms in total. The Hall–Kier alpha value is -0.0200. The highest BCUT2D eigenvalue weighted by molar-refractivity contribution is 7.97. The third-order valence-corrected chi connectivity index (χ3v) is 2.05. The normalized spacial score (nSPS) is 29.8. The second-order valence-corrected chi connectivity index (χ2v) is 2.71. The van der Waals surface area contributed by atoms with E-state index in [9.17, 15) is 4.79 Å². The topological polar surface area (TPSA) is 29.1 Å². The zero-order valence-electron chi connectivity index (χ0n) is 4.52. The van der Waals surface area contributed by atoms with Crippen molar-refractivity contribution < 1.29 is 4.79 Å². The fraction of sp³-hybridized carbons (Fsp3) is 0.800. The summed E-state index contributed by atoms with van der Waals surface area (Å²) in [5.74, 6) is 1.12. The van der Waals surface area contributed by atoms with E-state index in [4.69, 9.17) is 0 Å². The van der Waals surface area contributed by atoms with Crippen LogP contribution in [0.25, 0.3) is 0 Å². The fourth-order valence-corrected chi connectivity index (χ4v) is 1.46. The lowest BCUT2D eigenvalue weighted by Crippen LogP contribution is -2.28. The molecule has 0 saturated carbocycles. The van der Waals surface area contributed by atoms with E-state index in [1.165, 1.54) is 0 Å². The first kappa shape index (κ1) is 6.11. The molecule has 0 bridgehead atoms. The van der Waals surface area contributed by atoms with Crippen LogP contribution in [0.1, 0.15) is 12.8 Å². The predicted molar refractivity (Wildman–Crippen MR) is 34.3 cm³/mol. The van der Waals surface area contributed by atoms with Crippen molar-refractivity contribution in [1.29, 1.82) is 0 Å². The van der Waals surface area contributed by atoms with Crippen LogP contribution in [0, 0.1) is 0 Å². The maximum atomic E-state index is 9.96. The first-order valence-corrected chi connectivity index (χ1v) is 3.67. The summed E-state index contributed by atoms with van der Waals surface area (Å²) < 4.78 is 2.96. The molecule has 3 heteroatoms. The minimum Gasteiger partial charge on any atom is -0.289 e. The molecule has 0 aromatic carbocycles. The van der Waals surface area contributed by atoms with E-state index >= 15 is 0 Å². The minimum atomic E-state index is -0.00579. The molecular formula is C5H8NOS. The molecule has 8 heavy (non-hydrogen) atoms. The SMILES string of the molecule is O=[C]C1CCCSN1. The van der Waals surface area contributed by atoms with Crippen molar-refractivity contribution in [1.82, 2.24) is 4.72 Å². The van der Waals surface area contributed by atoms with E-state index in [-0.39, 0.29) is 6.04 Å². The second-order valence-electron chi connectivity index (χ2n) is 1.78. The average molecular weight is 130 g/mol. The molecule has 1 fully saturated rings. The van der Waals surface area contributed by atoms with Crippen molar-refractivity contribution >= 4 is 18.2 Å². The van der Waals surface area contributed by atoms with Crippen LogP contribution in [-0.2, 0) is 4.79 Å². The highest BCUT2D eigenvalue weighted by Crippen LogP contribution is 2.10. The molecule has 1 heterocycles. The second kappa shape index (κ2) is 3.10. The first-order chi connectivity index (χ1) is 3.93. The highest BCUT2D eigenvalue weighted by atomic mass is 32.2. The molecule has 45 valence electrons. The van der Waals surface area contributed by atoms with Gasteiger partial charge in [0.05, 0.1) is 6.04 Å². The number of nitrogens with one attached hydrogen (secondary N) is 1. The van der Waals surface area contributed by atoms with Gasteiger partial charge >= 0.3 is 0 Å². The molecule has 0 amide bonds. The quantitative estimate of drug-likeness (QED) is 0.524. The fourth-order valence-electron chi connectivity index (χ4n) is 0.661. The van der Waals surface area contributed by atoms with Crippen LogP contribution in [0.4, 0.5) is 0 Å². The number of rotatable bonds is 1. The largest absolute Gasteiger partial charge is 0.289 e. The summed E-state index contributed by atoms with van der Waals surface area (Å²) in [5, 5.41) is 0. The molecule has 0 aromatic heterocycles. The van der Waals surface area contributed by atoms with Gasteiger partial charge in [-0.25, -0.2) is 0 Å². The molecule has 1 aliphatic rings. The number of carbonyl (C=O) groups excluding carboxylic acids is 1. The van der Waals surface area contributed by atoms with Gasteiger partial charge in [0.2, 0.25) is 6.29 Å². The van der Waals surface area contributed by atoms with Crippen LogP contribution < -0.4 is 4.72 Å². The van der Waals surface area contributed by atoms with Gasteiger partial charge in [0.15, 0.2) is 0 Å². The van der Waals surface area contributed by atoms with Gasteiger partial charge in [-0.1, -0.05) is 11.9 Å². The molecule has 0 aliphatic carbocycles. The predicted octanol–water partition coefficient (Wildman–Crippen LogP) is 0.496. The molecule has 1 N–H and O–H groups in total. The summed E-state index contributed by atoms with van der Waals surface area (Å²) in [4.78, 5) is 9.96. The third-order valence-electron chi connectivity index (χ3n) is 1.11. The van der Waals surface area contributed by atoms with Gasteiger partial charge in [0, 0.05) is 5.75 Å². The van der Waals surface area contributed by atoms with Gasteiger partial charge in [-0.2, -0.15) is 0 Å². The van der Waals surface area contributed by atoms with Crippen molar-refractivity contribution in [2.24, 2.45) is 0 Å². The van der Waals surface area contributed by atoms with Crippen LogP contribution in [0.5, 0.6) is 0 Å². The molecule has 1 atom stereocenters. The Labute approximate surface area is 53.2 Å².